The molecule has 0 spiro atoms. The third-order valence-electron chi connectivity index (χ3n) is 3.03. The van der Waals surface area contributed by atoms with Crippen LogP contribution in [0.15, 0.2) is 0 Å². The van der Waals surface area contributed by atoms with Gasteiger partial charge in [-0.2, -0.15) is 5.26 Å². The van der Waals surface area contributed by atoms with Gasteiger partial charge in [-0.3, -0.25) is 4.79 Å². The van der Waals surface area contributed by atoms with Crippen molar-refractivity contribution in [1.82, 2.24) is 0 Å². The first-order valence-corrected chi connectivity index (χ1v) is 11.5. The van der Waals surface area contributed by atoms with Gasteiger partial charge in [-0.1, -0.05) is 66.5 Å². The highest BCUT2D eigenvalue weighted by atomic mass is 28.2. The molecule has 0 fully saturated rings. The highest BCUT2D eigenvalue weighted by Gasteiger charge is 2.12. The van der Waals surface area contributed by atoms with Crippen LogP contribution in [0.3, 0.4) is 0 Å². The zero-order valence-corrected chi connectivity index (χ0v) is 16.4. The smallest absolute Gasteiger partial charge is 0.323 e. The molecule has 1 unspecified atom stereocenters. The zero-order valence-electron chi connectivity index (χ0n) is 15.0. The minimum absolute atomic E-state index is 0. The third kappa shape index (κ3) is 26.1. The van der Waals surface area contributed by atoms with Crippen molar-refractivity contribution in [3.8, 4) is 6.07 Å². The molecule has 0 saturated carbocycles. The number of ether oxygens (including phenoxy) is 2. The Morgan fingerprint density at radius 1 is 0.958 bits per heavy atom. The lowest BCUT2D eigenvalue weighted by molar-refractivity contribution is -0.146. The van der Waals surface area contributed by atoms with Gasteiger partial charge in [0, 0.05) is 23.2 Å². The molecule has 0 aliphatic rings. The Bertz CT molecular complexity index is 280. The number of carbonyl (C=O) groups excluding carboxylic acids is 1. The van der Waals surface area contributed by atoms with Gasteiger partial charge in [-0.05, 0) is 19.8 Å². The highest BCUT2D eigenvalue weighted by Crippen LogP contribution is 2.09. The van der Waals surface area contributed by atoms with Crippen LogP contribution >= 0.6 is 0 Å². The Balaban J connectivity index is -0.000000370. The fourth-order valence-corrected chi connectivity index (χ4v) is 1.76. The average molecular weight is 362 g/mol. The summed E-state index contributed by atoms with van der Waals surface area (Å²) in [5.74, 6) is -1.05. The van der Waals surface area contributed by atoms with E-state index in [1.54, 1.807) is 14.0 Å². The zero-order chi connectivity index (χ0) is 17.1. The Morgan fingerprint density at radius 3 is 1.71 bits per heavy atom. The summed E-state index contributed by atoms with van der Waals surface area (Å²) in [7, 11) is 2.16. The molecule has 0 aromatic heterocycles. The molecule has 0 heterocycles. The summed E-state index contributed by atoms with van der Waals surface area (Å²) in [5.41, 5.74) is 0. The van der Waals surface area contributed by atoms with Crippen molar-refractivity contribution in [3.05, 3.63) is 0 Å². The number of carbonyl (C=O) groups is 1. The Kier molecular flexibility index (Phi) is 34.8. The van der Waals surface area contributed by atoms with Gasteiger partial charge in [-0.15, -0.1) is 0 Å². The maximum Gasteiger partial charge on any atom is 0.323 e. The van der Waals surface area contributed by atoms with E-state index in [4.69, 9.17) is 14.7 Å². The van der Waals surface area contributed by atoms with Crippen molar-refractivity contribution in [1.29, 1.82) is 5.26 Å². The van der Waals surface area contributed by atoms with Crippen molar-refractivity contribution < 1.29 is 14.3 Å². The number of nitriles is 1. The number of rotatable bonds is 12. The van der Waals surface area contributed by atoms with E-state index in [1.165, 1.54) is 32.1 Å². The van der Waals surface area contributed by atoms with Gasteiger partial charge in [0.05, 0.1) is 12.7 Å². The van der Waals surface area contributed by atoms with E-state index >= 15 is 0 Å². The van der Waals surface area contributed by atoms with Crippen LogP contribution in [0, 0.1) is 17.2 Å². The van der Waals surface area contributed by atoms with Crippen molar-refractivity contribution in [2.24, 2.45) is 5.92 Å². The Hall–Kier alpha value is -0.863. The lowest BCUT2D eigenvalue weighted by atomic mass is 10.1. The van der Waals surface area contributed by atoms with Crippen LogP contribution in [-0.2, 0) is 14.3 Å². The summed E-state index contributed by atoms with van der Waals surface area (Å²) in [6.45, 7) is 7.40. The van der Waals surface area contributed by atoms with Crippen LogP contribution in [0.5, 0.6) is 0 Å². The largest absolute Gasteiger partial charge is 0.465 e. The number of hydrogen-bond acceptors (Lipinski definition) is 4. The van der Waals surface area contributed by atoms with E-state index in [1.807, 2.05) is 6.07 Å². The van der Waals surface area contributed by atoms with Crippen LogP contribution in [0.4, 0.5) is 0 Å². The molecule has 4 nitrogen and oxygen atoms in total. The lowest BCUT2D eigenvalue weighted by Gasteiger charge is -2.05. The van der Waals surface area contributed by atoms with E-state index in [0.717, 1.165) is 25.9 Å². The monoisotopic (exact) mass is 361 g/mol. The maximum absolute atomic E-state index is 11.2. The molecule has 0 saturated heterocycles. The van der Waals surface area contributed by atoms with E-state index in [9.17, 15) is 4.79 Å². The molecule has 0 aromatic carbocycles. The number of methoxy groups -OCH3 is 1. The van der Waals surface area contributed by atoms with Crippen LogP contribution < -0.4 is 0 Å². The molecule has 0 rings (SSSR count). The number of unbranched alkanes of at least 4 members (excludes halogenated alkanes) is 7. The predicted molar refractivity (Wildman–Crippen MR) is 108 cm³/mol. The summed E-state index contributed by atoms with van der Waals surface area (Å²) in [6.07, 6.45) is 9.37. The second kappa shape index (κ2) is 27.0. The fourth-order valence-electron chi connectivity index (χ4n) is 1.76. The molecule has 0 aromatic rings. The van der Waals surface area contributed by atoms with E-state index in [0.29, 0.717) is 16.1 Å². The van der Waals surface area contributed by atoms with Crippen LogP contribution in [0.25, 0.3) is 0 Å². The topological polar surface area (TPSA) is 59.3 Å². The van der Waals surface area contributed by atoms with Gasteiger partial charge in [-0.25, -0.2) is 0 Å². The number of esters is 1. The summed E-state index contributed by atoms with van der Waals surface area (Å²) in [5, 5.41) is 8.52. The summed E-state index contributed by atoms with van der Waals surface area (Å²) >= 11 is 0. The molecule has 1 atom stereocenters. The van der Waals surface area contributed by atoms with E-state index in [2.05, 4.69) is 13.1 Å². The number of nitrogens with zero attached hydrogens (tertiary/aromatic N) is 1. The van der Waals surface area contributed by atoms with Gasteiger partial charge in [0.2, 0.25) is 0 Å². The minimum atomic E-state index is -0.646. The SMILES string of the molecule is C.C.COCCCCCCCCCCOC(=O)C(C)C#N.C[SiH2]C. The molecule has 0 aliphatic carbocycles. The fraction of sp³-hybridized carbons (Fsp3) is 0.895. The maximum atomic E-state index is 11.2. The average Bonchev–Trinajstić information content (AvgIpc) is 2.52. The molecule has 0 radical (unpaired) electrons. The van der Waals surface area contributed by atoms with Crippen molar-refractivity contribution in [2.45, 2.75) is 86.2 Å². The molecule has 0 N–H and O–H groups in total. The summed E-state index contributed by atoms with van der Waals surface area (Å²) < 4.78 is 9.99. The normalized spacial score (nSPS) is 10.1. The lowest BCUT2D eigenvalue weighted by Crippen LogP contribution is -2.13. The molecule has 24 heavy (non-hydrogen) atoms. The van der Waals surface area contributed by atoms with E-state index < -0.39 is 11.9 Å². The van der Waals surface area contributed by atoms with Crippen molar-refractivity contribution in [3.63, 3.8) is 0 Å². The van der Waals surface area contributed by atoms with Crippen LogP contribution in [0.2, 0.25) is 13.1 Å². The van der Waals surface area contributed by atoms with Gasteiger partial charge in [0.25, 0.3) is 0 Å². The molecular weight excluding hydrogens is 318 g/mol. The standard InChI is InChI=1S/C15H27NO3.C2H8Si.2CH4/c1-14(13-16)15(17)19-12-10-8-6-4-3-5-7-9-11-18-2;1-3-2;;/h14H,3-12H2,1-2H3;3H2,1-2H3;2*1H4. The van der Waals surface area contributed by atoms with Gasteiger partial charge >= 0.3 is 5.97 Å². The van der Waals surface area contributed by atoms with Crippen molar-refractivity contribution >= 4 is 15.5 Å². The van der Waals surface area contributed by atoms with Gasteiger partial charge < -0.3 is 9.47 Å². The summed E-state index contributed by atoms with van der Waals surface area (Å²) in [6, 6.07) is 1.87. The number of hydrogen-bond donors (Lipinski definition) is 0. The quantitative estimate of drug-likeness (QED) is 0.279. The highest BCUT2D eigenvalue weighted by molar-refractivity contribution is 6.31. The third-order valence-corrected chi connectivity index (χ3v) is 3.03. The molecule has 0 amide bonds. The first-order chi connectivity index (χ1) is 10.6. The molecule has 0 aliphatic heterocycles. The first-order valence-electron chi connectivity index (χ1n) is 8.69. The van der Waals surface area contributed by atoms with Gasteiger partial charge in [0.1, 0.15) is 5.92 Å². The Morgan fingerprint density at radius 2 is 1.33 bits per heavy atom. The molecule has 0 bridgehead atoms. The second-order valence-corrected chi connectivity index (χ2v) is 6.96. The minimum Gasteiger partial charge on any atom is -0.465 e. The first kappa shape index (κ1) is 31.0. The van der Waals surface area contributed by atoms with Crippen LogP contribution in [-0.4, -0.2) is 35.8 Å². The van der Waals surface area contributed by atoms with E-state index in [-0.39, 0.29) is 14.9 Å². The second-order valence-electron chi connectivity index (χ2n) is 5.55. The van der Waals surface area contributed by atoms with Crippen LogP contribution in [0.1, 0.15) is 73.1 Å². The Labute approximate surface area is 154 Å². The summed E-state index contributed by atoms with van der Waals surface area (Å²) in [4.78, 5) is 11.2. The molecular formula is C19H43NO3Si. The van der Waals surface area contributed by atoms with Gasteiger partial charge in [0.15, 0.2) is 0 Å². The van der Waals surface area contributed by atoms with Crippen molar-refractivity contribution in [2.75, 3.05) is 20.3 Å². The molecule has 5 heteroatoms. The molecule has 146 valence electrons. The predicted octanol–water partition coefficient (Wildman–Crippen LogP) is 4.98.